The molecule has 1 aromatic carbocycles. The van der Waals surface area contributed by atoms with Crippen LogP contribution in [0.2, 0.25) is 5.15 Å². The lowest BCUT2D eigenvalue weighted by molar-refractivity contribution is -0.125. The van der Waals surface area contributed by atoms with E-state index < -0.39 is 5.92 Å². The van der Waals surface area contributed by atoms with E-state index in [-0.39, 0.29) is 22.8 Å². The molecule has 0 N–H and O–H groups in total. The van der Waals surface area contributed by atoms with Crippen molar-refractivity contribution in [1.82, 2.24) is 9.97 Å². The maximum absolute atomic E-state index is 14.0. The first-order valence-electron chi connectivity index (χ1n) is 11.2. The van der Waals surface area contributed by atoms with Gasteiger partial charge >= 0.3 is 0 Å². The molecule has 1 fully saturated rings. The molecular weight excluding hydrogens is 454 g/mol. The SMILES string of the molecule is O=C(SC1CCCCC1)C(C(=O)N(Cc1ccc(Cl)nc1)c1ccccn1)c1ccccc1. The third kappa shape index (κ3) is 6.21. The Morgan fingerprint density at radius 2 is 1.73 bits per heavy atom. The summed E-state index contributed by atoms with van der Waals surface area (Å²) in [6, 6.07) is 18.2. The molecule has 33 heavy (non-hydrogen) atoms. The molecule has 3 aromatic rings. The number of hydrogen-bond donors (Lipinski definition) is 0. The molecule has 1 unspecified atom stereocenters. The number of nitrogens with zero attached hydrogens (tertiary/aromatic N) is 3. The summed E-state index contributed by atoms with van der Waals surface area (Å²) in [6.45, 7) is 0.241. The number of aromatic nitrogens is 2. The van der Waals surface area contributed by atoms with Crippen LogP contribution in [-0.2, 0) is 16.1 Å². The van der Waals surface area contributed by atoms with Crippen molar-refractivity contribution in [3.8, 4) is 0 Å². The Hall–Kier alpha value is -2.70. The Morgan fingerprint density at radius 1 is 0.970 bits per heavy atom. The van der Waals surface area contributed by atoms with Gasteiger partial charge < -0.3 is 0 Å². The molecular formula is C26H26ClN3O2S. The summed E-state index contributed by atoms with van der Waals surface area (Å²) in [5.41, 5.74) is 1.50. The van der Waals surface area contributed by atoms with Crippen molar-refractivity contribution in [1.29, 1.82) is 0 Å². The molecule has 1 saturated carbocycles. The normalized spacial score (nSPS) is 15.1. The van der Waals surface area contributed by atoms with Crippen LogP contribution in [0.15, 0.2) is 73.1 Å². The monoisotopic (exact) mass is 479 g/mol. The average Bonchev–Trinajstić information content (AvgIpc) is 2.85. The molecule has 4 rings (SSSR count). The Labute approximate surface area is 203 Å². The standard InChI is InChI=1S/C26H26ClN3O2S/c27-22-15-14-19(17-29-22)18-30(23-13-7-8-16-28-23)25(31)24(20-9-3-1-4-10-20)26(32)33-21-11-5-2-6-12-21/h1,3-4,7-10,13-17,21,24H,2,5-6,11-12,18H2. The average molecular weight is 480 g/mol. The number of thioether (sulfide) groups is 1. The van der Waals surface area contributed by atoms with Gasteiger partial charge in [-0.3, -0.25) is 14.5 Å². The second-order valence-electron chi connectivity index (χ2n) is 8.14. The predicted molar refractivity (Wildman–Crippen MR) is 133 cm³/mol. The number of carbonyl (C=O) groups is 2. The fourth-order valence-corrected chi connectivity index (χ4v) is 5.45. The van der Waals surface area contributed by atoms with Crippen molar-refractivity contribution in [2.24, 2.45) is 0 Å². The predicted octanol–water partition coefficient (Wildman–Crippen LogP) is 6.04. The molecule has 1 aliphatic rings. The fourth-order valence-electron chi connectivity index (χ4n) is 4.06. The van der Waals surface area contributed by atoms with E-state index in [1.54, 1.807) is 35.5 Å². The van der Waals surface area contributed by atoms with Crippen molar-refractivity contribution in [2.45, 2.75) is 49.8 Å². The van der Waals surface area contributed by atoms with Crippen LogP contribution in [0, 0.1) is 0 Å². The Balaban J connectivity index is 1.66. The molecule has 1 amide bonds. The van der Waals surface area contributed by atoms with Crippen LogP contribution < -0.4 is 4.90 Å². The molecule has 2 heterocycles. The van der Waals surface area contributed by atoms with E-state index in [0.29, 0.717) is 16.5 Å². The van der Waals surface area contributed by atoms with E-state index in [9.17, 15) is 9.59 Å². The minimum atomic E-state index is -0.902. The summed E-state index contributed by atoms with van der Waals surface area (Å²) in [5, 5.41) is 0.554. The number of carbonyl (C=O) groups excluding carboxylic acids is 2. The summed E-state index contributed by atoms with van der Waals surface area (Å²) in [6.07, 6.45) is 8.82. The van der Waals surface area contributed by atoms with Crippen LogP contribution in [0.25, 0.3) is 0 Å². The van der Waals surface area contributed by atoms with E-state index in [4.69, 9.17) is 11.6 Å². The number of halogens is 1. The zero-order valence-corrected chi connectivity index (χ0v) is 19.8. The van der Waals surface area contributed by atoms with E-state index in [2.05, 4.69) is 9.97 Å². The molecule has 170 valence electrons. The lowest BCUT2D eigenvalue weighted by atomic mass is 9.98. The van der Waals surface area contributed by atoms with Crippen molar-refractivity contribution < 1.29 is 9.59 Å². The first-order valence-corrected chi connectivity index (χ1v) is 12.5. The lowest BCUT2D eigenvalue weighted by Gasteiger charge is -2.28. The van der Waals surface area contributed by atoms with Crippen molar-refractivity contribution in [3.05, 3.63) is 89.3 Å². The maximum atomic E-state index is 14.0. The molecule has 1 atom stereocenters. The quantitative estimate of drug-likeness (QED) is 0.305. The Morgan fingerprint density at radius 3 is 2.39 bits per heavy atom. The van der Waals surface area contributed by atoms with Gasteiger partial charge in [-0.15, -0.1) is 0 Å². The van der Waals surface area contributed by atoms with Gasteiger partial charge in [0.2, 0.25) is 11.0 Å². The van der Waals surface area contributed by atoms with Gasteiger partial charge in [0.25, 0.3) is 0 Å². The minimum absolute atomic E-state index is 0.103. The number of benzene rings is 1. The number of amides is 1. The largest absolute Gasteiger partial charge is 0.291 e. The summed E-state index contributed by atoms with van der Waals surface area (Å²) in [7, 11) is 0. The van der Waals surface area contributed by atoms with E-state index in [1.807, 2.05) is 42.5 Å². The Bertz CT molecular complexity index is 1060. The molecule has 5 nitrogen and oxygen atoms in total. The molecule has 0 bridgehead atoms. The second-order valence-corrected chi connectivity index (χ2v) is 9.83. The lowest BCUT2D eigenvalue weighted by Crippen LogP contribution is -2.38. The van der Waals surface area contributed by atoms with Crippen LogP contribution >= 0.6 is 23.4 Å². The number of anilines is 1. The zero-order chi connectivity index (χ0) is 23.0. The molecule has 1 aliphatic carbocycles. The van der Waals surface area contributed by atoms with Crippen molar-refractivity contribution >= 4 is 40.2 Å². The van der Waals surface area contributed by atoms with Gasteiger partial charge in [0.05, 0.1) is 6.54 Å². The topological polar surface area (TPSA) is 63.2 Å². The maximum Gasteiger partial charge on any atom is 0.244 e. The van der Waals surface area contributed by atoms with E-state index in [1.165, 1.54) is 18.2 Å². The van der Waals surface area contributed by atoms with Crippen LogP contribution in [0.5, 0.6) is 0 Å². The smallest absolute Gasteiger partial charge is 0.244 e. The highest BCUT2D eigenvalue weighted by atomic mass is 35.5. The van der Waals surface area contributed by atoms with Gasteiger partial charge in [-0.25, -0.2) is 9.97 Å². The molecule has 0 saturated heterocycles. The Kier molecular flexibility index (Phi) is 8.13. The van der Waals surface area contributed by atoms with E-state index >= 15 is 0 Å². The van der Waals surface area contributed by atoms with Gasteiger partial charge in [0.15, 0.2) is 0 Å². The summed E-state index contributed by atoms with van der Waals surface area (Å²) >= 11 is 7.28. The van der Waals surface area contributed by atoms with Crippen LogP contribution in [0.4, 0.5) is 5.82 Å². The summed E-state index contributed by atoms with van der Waals surface area (Å²) in [5.74, 6) is -0.697. The van der Waals surface area contributed by atoms with Gasteiger partial charge in [-0.05, 0) is 42.2 Å². The zero-order valence-electron chi connectivity index (χ0n) is 18.3. The van der Waals surface area contributed by atoms with Gasteiger partial charge in [0, 0.05) is 17.6 Å². The molecule has 0 spiro atoms. The third-order valence-electron chi connectivity index (χ3n) is 5.77. The van der Waals surface area contributed by atoms with Gasteiger partial charge in [-0.2, -0.15) is 0 Å². The molecule has 0 radical (unpaired) electrons. The first kappa shape index (κ1) is 23.5. The van der Waals surface area contributed by atoms with Crippen LogP contribution in [0.3, 0.4) is 0 Å². The second kappa shape index (κ2) is 11.4. The van der Waals surface area contributed by atoms with Crippen molar-refractivity contribution in [2.75, 3.05) is 4.90 Å². The van der Waals surface area contributed by atoms with Crippen LogP contribution in [-0.4, -0.2) is 26.2 Å². The number of hydrogen-bond acceptors (Lipinski definition) is 5. The highest BCUT2D eigenvalue weighted by molar-refractivity contribution is 8.14. The molecule has 7 heteroatoms. The highest BCUT2D eigenvalue weighted by Gasteiger charge is 2.35. The van der Waals surface area contributed by atoms with Gasteiger partial charge in [0.1, 0.15) is 16.9 Å². The number of pyridine rings is 2. The molecule has 0 aliphatic heterocycles. The third-order valence-corrected chi connectivity index (χ3v) is 7.27. The van der Waals surface area contributed by atoms with Crippen molar-refractivity contribution in [3.63, 3.8) is 0 Å². The van der Waals surface area contributed by atoms with Crippen LogP contribution in [0.1, 0.15) is 49.1 Å². The molecule has 2 aromatic heterocycles. The summed E-state index contributed by atoms with van der Waals surface area (Å²) < 4.78 is 0. The number of rotatable bonds is 7. The summed E-state index contributed by atoms with van der Waals surface area (Å²) in [4.78, 5) is 37.7. The highest BCUT2D eigenvalue weighted by Crippen LogP contribution is 2.34. The minimum Gasteiger partial charge on any atom is -0.291 e. The van der Waals surface area contributed by atoms with Gasteiger partial charge in [-0.1, -0.05) is 85.1 Å². The van der Waals surface area contributed by atoms with E-state index in [0.717, 1.165) is 31.2 Å². The first-order chi connectivity index (χ1) is 16.1. The fraction of sp³-hybridized carbons (Fsp3) is 0.308.